The molecule has 1 N–H and O–H groups in total. The van der Waals surface area contributed by atoms with Crippen LogP contribution in [0.2, 0.25) is 0 Å². The first kappa shape index (κ1) is 15.3. The highest BCUT2D eigenvalue weighted by atomic mass is 16.2. The molecule has 1 saturated carbocycles. The Bertz CT molecular complexity index is 382. The smallest absolute Gasteiger partial charge is 0.249 e. The van der Waals surface area contributed by atoms with Gasteiger partial charge in [-0.15, -0.1) is 0 Å². The maximum absolute atomic E-state index is 13.1. The number of nitrogens with zero attached hydrogens (tertiary/aromatic N) is 1. The van der Waals surface area contributed by atoms with Gasteiger partial charge in [-0.25, -0.2) is 0 Å². The van der Waals surface area contributed by atoms with E-state index in [1.165, 1.54) is 0 Å². The van der Waals surface area contributed by atoms with Crippen LogP contribution in [0, 0.1) is 5.92 Å². The first-order chi connectivity index (χ1) is 9.46. The van der Waals surface area contributed by atoms with Gasteiger partial charge in [0.05, 0.1) is 0 Å². The molecule has 2 amide bonds. The summed E-state index contributed by atoms with van der Waals surface area (Å²) in [4.78, 5) is 27.6. The summed E-state index contributed by atoms with van der Waals surface area (Å²) in [6, 6.07) is -0.128. The number of amides is 2. The van der Waals surface area contributed by atoms with Crippen molar-refractivity contribution in [1.82, 2.24) is 10.2 Å². The van der Waals surface area contributed by atoms with Gasteiger partial charge >= 0.3 is 0 Å². The quantitative estimate of drug-likeness (QED) is 0.860. The second-order valence-corrected chi connectivity index (χ2v) is 6.65. The molecule has 0 aromatic rings. The lowest BCUT2D eigenvalue weighted by molar-refractivity contribution is -0.160. The van der Waals surface area contributed by atoms with E-state index in [9.17, 15) is 9.59 Å². The van der Waals surface area contributed by atoms with Crippen LogP contribution < -0.4 is 5.32 Å². The van der Waals surface area contributed by atoms with Crippen LogP contribution in [0.4, 0.5) is 0 Å². The van der Waals surface area contributed by atoms with E-state index in [-0.39, 0.29) is 29.8 Å². The minimum Gasteiger partial charge on any atom is -0.340 e. The third-order valence-corrected chi connectivity index (χ3v) is 5.00. The highest BCUT2D eigenvalue weighted by Crippen LogP contribution is 2.37. The molecule has 1 atom stereocenters. The molecule has 0 bridgehead atoms. The zero-order valence-corrected chi connectivity index (χ0v) is 13.2. The summed E-state index contributed by atoms with van der Waals surface area (Å²) in [6.07, 6.45) is 5.51. The van der Waals surface area contributed by atoms with Gasteiger partial charge in [0.15, 0.2) is 0 Å². The maximum Gasteiger partial charge on any atom is 0.249 e. The van der Waals surface area contributed by atoms with E-state index in [4.69, 9.17) is 0 Å². The van der Waals surface area contributed by atoms with Gasteiger partial charge in [-0.2, -0.15) is 0 Å². The van der Waals surface area contributed by atoms with E-state index in [1.807, 2.05) is 18.7 Å². The summed E-state index contributed by atoms with van der Waals surface area (Å²) in [6.45, 7) is 8.26. The first-order valence-corrected chi connectivity index (χ1v) is 8.11. The van der Waals surface area contributed by atoms with E-state index in [0.29, 0.717) is 0 Å². The number of piperazine rings is 1. The molecule has 0 radical (unpaired) electrons. The van der Waals surface area contributed by atoms with Crippen LogP contribution in [0.5, 0.6) is 0 Å². The minimum atomic E-state index is -0.592. The van der Waals surface area contributed by atoms with E-state index in [2.05, 4.69) is 19.2 Å². The summed E-state index contributed by atoms with van der Waals surface area (Å²) < 4.78 is 0. The van der Waals surface area contributed by atoms with Crippen molar-refractivity contribution in [1.29, 1.82) is 0 Å². The standard InChI is InChI=1S/C16H28N2O2/c1-5-12(6-2)18-13(11(3)4)14(19)17-16(15(18)20)9-7-8-10-16/h11-13H,5-10H2,1-4H3,(H,17,19). The van der Waals surface area contributed by atoms with Crippen molar-refractivity contribution in [3.05, 3.63) is 0 Å². The monoisotopic (exact) mass is 280 g/mol. The molecule has 1 aliphatic carbocycles. The summed E-state index contributed by atoms with van der Waals surface area (Å²) in [5, 5.41) is 3.08. The Morgan fingerprint density at radius 2 is 1.75 bits per heavy atom. The molecule has 1 spiro atoms. The van der Waals surface area contributed by atoms with Crippen molar-refractivity contribution in [2.45, 2.75) is 83.8 Å². The van der Waals surface area contributed by atoms with Gasteiger partial charge in [0, 0.05) is 6.04 Å². The molecular formula is C16H28N2O2. The van der Waals surface area contributed by atoms with Gasteiger partial charge in [0.25, 0.3) is 0 Å². The largest absolute Gasteiger partial charge is 0.340 e. The lowest BCUT2D eigenvalue weighted by Crippen LogP contribution is -2.72. The molecule has 114 valence electrons. The summed E-state index contributed by atoms with van der Waals surface area (Å²) in [5.41, 5.74) is -0.592. The second-order valence-electron chi connectivity index (χ2n) is 6.65. The summed E-state index contributed by atoms with van der Waals surface area (Å²) in [7, 11) is 0. The SMILES string of the molecule is CCC(CC)N1C(=O)C2(CCCC2)NC(=O)C1C(C)C. The van der Waals surface area contributed by atoms with E-state index < -0.39 is 5.54 Å². The van der Waals surface area contributed by atoms with Gasteiger partial charge < -0.3 is 10.2 Å². The Balaban J connectivity index is 2.38. The molecule has 0 aromatic carbocycles. The van der Waals surface area contributed by atoms with Gasteiger partial charge in [0.1, 0.15) is 11.6 Å². The van der Waals surface area contributed by atoms with Crippen molar-refractivity contribution in [3.8, 4) is 0 Å². The van der Waals surface area contributed by atoms with Gasteiger partial charge in [-0.05, 0) is 31.6 Å². The topological polar surface area (TPSA) is 49.4 Å². The summed E-state index contributed by atoms with van der Waals surface area (Å²) >= 11 is 0. The Morgan fingerprint density at radius 3 is 2.20 bits per heavy atom. The van der Waals surface area contributed by atoms with E-state index in [1.54, 1.807) is 0 Å². The molecule has 4 nitrogen and oxygen atoms in total. The van der Waals surface area contributed by atoms with Gasteiger partial charge in [-0.1, -0.05) is 40.5 Å². The number of rotatable bonds is 4. The molecule has 2 aliphatic rings. The molecular weight excluding hydrogens is 252 g/mol. The Hall–Kier alpha value is -1.06. The molecule has 20 heavy (non-hydrogen) atoms. The maximum atomic E-state index is 13.1. The Morgan fingerprint density at radius 1 is 1.20 bits per heavy atom. The highest BCUT2D eigenvalue weighted by molar-refractivity contribution is 6.00. The number of nitrogens with one attached hydrogen (secondary N) is 1. The fourth-order valence-electron chi connectivity index (χ4n) is 3.88. The lowest BCUT2D eigenvalue weighted by Gasteiger charge is -2.48. The van der Waals surface area contributed by atoms with Crippen LogP contribution in [0.15, 0.2) is 0 Å². The molecule has 1 unspecified atom stereocenters. The van der Waals surface area contributed by atoms with Crippen molar-refractivity contribution >= 4 is 11.8 Å². The first-order valence-electron chi connectivity index (χ1n) is 8.11. The number of carbonyl (C=O) groups excluding carboxylic acids is 2. The Kier molecular flexibility index (Phi) is 4.40. The molecule has 0 aromatic heterocycles. The van der Waals surface area contributed by atoms with Crippen LogP contribution in [-0.4, -0.2) is 34.3 Å². The third-order valence-electron chi connectivity index (χ3n) is 5.00. The van der Waals surface area contributed by atoms with Crippen LogP contribution in [-0.2, 0) is 9.59 Å². The third kappa shape index (κ3) is 2.33. The zero-order chi connectivity index (χ0) is 14.9. The molecule has 4 heteroatoms. The fraction of sp³-hybridized carbons (Fsp3) is 0.875. The predicted octanol–water partition coefficient (Wildman–Crippen LogP) is 2.47. The van der Waals surface area contributed by atoms with Crippen LogP contribution >= 0.6 is 0 Å². The molecule has 2 fully saturated rings. The van der Waals surface area contributed by atoms with Crippen LogP contribution in [0.3, 0.4) is 0 Å². The summed E-state index contributed by atoms with van der Waals surface area (Å²) in [5.74, 6) is 0.369. The number of hydrogen-bond acceptors (Lipinski definition) is 2. The van der Waals surface area contributed by atoms with Crippen molar-refractivity contribution in [2.75, 3.05) is 0 Å². The molecule has 1 saturated heterocycles. The predicted molar refractivity (Wildman–Crippen MR) is 79.2 cm³/mol. The zero-order valence-electron chi connectivity index (χ0n) is 13.2. The van der Waals surface area contributed by atoms with Gasteiger partial charge in [0.2, 0.25) is 11.8 Å². The average Bonchev–Trinajstić information content (AvgIpc) is 2.85. The normalized spacial score (nSPS) is 25.9. The van der Waals surface area contributed by atoms with Crippen LogP contribution in [0.25, 0.3) is 0 Å². The van der Waals surface area contributed by atoms with Gasteiger partial charge in [-0.3, -0.25) is 9.59 Å². The lowest BCUT2D eigenvalue weighted by atomic mass is 9.85. The molecule has 1 heterocycles. The fourth-order valence-corrected chi connectivity index (χ4v) is 3.88. The molecule has 2 rings (SSSR count). The van der Waals surface area contributed by atoms with Crippen molar-refractivity contribution in [3.63, 3.8) is 0 Å². The second kappa shape index (κ2) is 5.74. The average molecular weight is 280 g/mol. The van der Waals surface area contributed by atoms with Crippen LogP contribution in [0.1, 0.15) is 66.2 Å². The number of carbonyl (C=O) groups is 2. The van der Waals surface area contributed by atoms with E-state index in [0.717, 1.165) is 38.5 Å². The van der Waals surface area contributed by atoms with Crippen molar-refractivity contribution < 1.29 is 9.59 Å². The van der Waals surface area contributed by atoms with Crippen molar-refractivity contribution in [2.24, 2.45) is 5.92 Å². The Labute approximate surface area is 122 Å². The number of hydrogen-bond donors (Lipinski definition) is 1. The van der Waals surface area contributed by atoms with E-state index >= 15 is 0 Å². The molecule has 1 aliphatic heterocycles. The minimum absolute atomic E-state index is 0.0494. The highest BCUT2D eigenvalue weighted by Gasteiger charge is 2.53.